The lowest BCUT2D eigenvalue weighted by Crippen LogP contribution is -2.31. The SMILES string of the molecule is CC(NC(=O)Nc1cccc2c1CCC2)c1nnc(N)s1. The first-order valence-corrected chi connectivity index (χ1v) is 7.72. The molecule has 1 aliphatic rings. The molecule has 2 aromatic rings. The number of urea groups is 1. The van der Waals surface area contributed by atoms with Gasteiger partial charge < -0.3 is 16.4 Å². The van der Waals surface area contributed by atoms with Gasteiger partial charge in [0.25, 0.3) is 0 Å². The van der Waals surface area contributed by atoms with Crippen LogP contribution in [0, 0.1) is 0 Å². The molecule has 7 heteroatoms. The zero-order valence-electron chi connectivity index (χ0n) is 11.7. The number of nitrogens with zero attached hydrogens (tertiary/aromatic N) is 2. The Hall–Kier alpha value is -2.15. The minimum atomic E-state index is -0.239. The topological polar surface area (TPSA) is 92.9 Å². The van der Waals surface area contributed by atoms with Crippen LogP contribution in [0.4, 0.5) is 15.6 Å². The van der Waals surface area contributed by atoms with Crippen molar-refractivity contribution in [1.82, 2.24) is 15.5 Å². The Labute approximate surface area is 126 Å². The van der Waals surface area contributed by atoms with Gasteiger partial charge in [0, 0.05) is 5.69 Å². The average Bonchev–Trinajstić information content (AvgIpc) is 3.07. The number of nitrogen functional groups attached to an aromatic ring is 1. The van der Waals surface area contributed by atoms with E-state index in [1.54, 1.807) is 0 Å². The number of hydrogen-bond acceptors (Lipinski definition) is 5. The standard InChI is InChI=1S/C14H17N5OS/c1-8(12-18-19-13(15)21-12)16-14(20)17-11-7-3-5-9-4-2-6-10(9)11/h3,5,7-8H,2,4,6H2,1H3,(H2,15,19)(H2,16,17,20). The van der Waals surface area contributed by atoms with Gasteiger partial charge in [-0.15, -0.1) is 10.2 Å². The first-order chi connectivity index (χ1) is 10.1. The molecule has 0 fully saturated rings. The number of rotatable bonds is 3. The van der Waals surface area contributed by atoms with Crippen molar-refractivity contribution < 1.29 is 4.79 Å². The molecule has 0 saturated heterocycles. The Morgan fingerprint density at radius 3 is 3.00 bits per heavy atom. The van der Waals surface area contributed by atoms with Gasteiger partial charge in [0.05, 0.1) is 6.04 Å². The number of nitrogens with two attached hydrogens (primary N) is 1. The summed E-state index contributed by atoms with van der Waals surface area (Å²) in [6, 6.07) is 5.58. The van der Waals surface area contributed by atoms with Crippen molar-refractivity contribution in [3.05, 3.63) is 34.3 Å². The van der Waals surface area contributed by atoms with E-state index in [0.29, 0.717) is 10.1 Å². The summed E-state index contributed by atoms with van der Waals surface area (Å²) >= 11 is 1.28. The highest BCUT2D eigenvalue weighted by atomic mass is 32.1. The van der Waals surface area contributed by atoms with Crippen LogP contribution in [0.25, 0.3) is 0 Å². The van der Waals surface area contributed by atoms with Crippen molar-refractivity contribution in [2.24, 2.45) is 0 Å². The van der Waals surface area contributed by atoms with Crippen LogP contribution in [0.2, 0.25) is 0 Å². The van der Waals surface area contributed by atoms with Gasteiger partial charge in [-0.2, -0.15) is 0 Å². The van der Waals surface area contributed by atoms with Gasteiger partial charge in [0.1, 0.15) is 5.01 Å². The van der Waals surface area contributed by atoms with E-state index in [0.717, 1.165) is 24.9 Å². The van der Waals surface area contributed by atoms with Crippen LogP contribution < -0.4 is 16.4 Å². The molecule has 1 aromatic heterocycles. The highest BCUT2D eigenvalue weighted by Crippen LogP contribution is 2.28. The Morgan fingerprint density at radius 2 is 2.24 bits per heavy atom. The van der Waals surface area contributed by atoms with Crippen molar-refractivity contribution >= 4 is 28.2 Å². The van der Waals surface area contributed by atoms with Gasteiger partial charge in [0.15, 0.2) is 0 Å². The second-order valence-electron chi connectivity index (χ2n) is 5.10. The highest BCUT2D eigenvalue weighted by molar-refractivity contribution is 7.15. The first kappa shape index (κ1) is 13.8. The smallest absolute Gasteiger partial charge is 0.319 e. The molecule has 1 aliphatic carbocycles. The summed E-state index contributed by atoms with van der Waals surface area (Å²) < 4.78 is 0. The lowest BCUT2D eigenvalue weighted by atomic mass is 10.1. The van der Waals surface area contributed by atoms with Crippen LogP contribution in [-0.4, -0.2) is 16.2 Å². The van der Waals surface area contributed by atoms with Crippen molar-refractivity contribution in [2.45, 2.75) is 32.2 Å². The van der Waals surface area contributed by atoms with Crippen LogP contribution in [0.3, 0.4) is 0 Å². The second kappa shape index (κ2) is 5.69. The Balaban J connectivity index is 1.66. The number of fused-ring (bicyclic) bond motifs is 1. The van der Waals surface area contributed by atoms with Crippen molar-refractivity contribution in [2.75, 3.05) is 11.1 Å². The third kappa shape index (κ3) is 2.97. The number of aromatic nitrogens is 2. The number of anilines is 2. The summed E-state index contributed by atoms with van der Waals surface area (Å²) in [5.41, 5.74) is 9.03. The summed E-state index contributed by atoms with van der Waals surface area (Å²) in [6.07, 6.45) is 3.26. The molecule has 1 heterocycles. The van der Waals surface area contributed by atoms with Crippen LogP contribution in [0.1, 0.15) is 35.5 Å². The van der Waals surface area contributed by atoms with Crippen molar-refractivity contribution in [1.29, 1.82) is 0 Å². The number of carbonyl (C=O) groups is 1. The Bertz CT molecular complexity index is 669. The fourth-order valence-electron chi connectivity index (χ4n) is 2.58. The van der Waals surface area contributed by atoms with E-state index in [1.807, 2.05) is 19.1 Å². The van der Waals surface area contributed by atoms with E-state index in [9.17, 15) is 4.79 Å². The molecule has 1 atom stereocenters. The number of carbonyl (C=O) groups excluding carboxylic acids is 1. The maximum atomic E-state index is 12.1. The average molecular weight is 303 g/mol. The van der Waals surface area contributed by atoms with Gasteiger partial charge in [-0.25, -0.2) is 4.79 Å². The summed E-state index contributed by atoms with van der Waals surface area (Å²) in [5.74, 6) is 0. The minimum Gasteiger partial charge on any atom is -0.374 e. The normalized spacial score (nSPS) is 14.5. The highest BCUT2D eigenvalue weighted by Gasteiger charge is 2.17. The molecule has 1 unspecified atom stereocenters. The van der Waals surface area contributed by atoms with E-state index < -0.39 is 0 Å². The maximum Gasteiger partial charge on any atom is 0.319 e. The summed E-state index contributed by atoms with van der Waals surface area (Å²) in [4.78, 5) is 12.1. The van der Waals surface area contributed by atoms with Crippen LogP contribution in [0.5, 0.6) is 0 Å². The minimum absolute atomic E-state index is 0.225. The summed E-state index contributed by atoms with van der Waals surface area (Å²) in [5, 5.41) is 14.6. The van der Waals surface area contributed by atoms with Crippen LogP contribution in [-0.2, 0) is 12.8 Å². The fourth-order valence-corrected chi connectivity index (χ4v) is 3.19. The third-order valence-corrected chi connectivity index (χ3v) is 4.50. The van der Waals surface area contributed by atoms with Gasteiger partial charge in [-0.05, 0) is 43.4 Å². The van der Waals surface area contributed by atoms with Crippen LogP contribution in [0.15, 0.2) is 18.2 Å². The molecule has 0 aliphatic heterocycles. The van der Waals surface area contributed by atoms with Crippen LogP contribution >= 0.6 is 11.3 Å². The molecule has 1 aromatic carbocycles. The maximum absolute atomic E-state index is 12.1. The van der Waals surface area contributed by atoms with Crippen molar-refractivity contribution in [3.63, 3.8) is 0 Å². The monoisotopic (exact) mass is 303 g/mol. The van der Waals surface area contributed by atoms with E-state index in [1.165, 1.54) is 22.5 Å². The molecule has 21 heavy (non-hydrogen) atoms. The number of hydrogen-bond donors (Lipinski definition) is 3. The van der Waals surface area contributed by atoms with Gasteiger partial charge in [-0.3, -0.25) is 0 Å². The van der Waals surface area contributed by atoms with Gasteiger partial charge in [0.2, 0.25) is 5.13 Å². The second-order valence-corrected chi connectivity index (χ2v) is 6.14. The predicted octanol–water partition coefficient (Wildman–Crippen LogP) is 2.49. The molecule has 0 bridgehead atoms. The molecule has 0 saturated carbocycles. The van der Waals surface area contributed by atoms with Crippen molar-refractivity contribution in [3.8, 4) is 0 Å². The molecule has 4 N–H and O–H groups in total. The van der Waals surface area contributed by atoms with E-state index in [2.05, 4.69) is 26.9 Å². The number of benzene rings is 1. The molecule has 0 spiro atoms. The third-order valence-electron chi connectivity index (χ3n) is 3.57. The van der Waals surface area contributed by atoms with E-state index >= 15 is 0 Å². The molecule has 2 amide bonds. The quantitative estimate of drug-likeness (QED) is 0.812. The van der Waals surface area contributed by atoms with E-state index in [4.69, 9.17) is 5.73 Å². The summed E-state index contributed by atoms with van der Waals surface area (Å²) in [6.45, 7) is 1.86. The zero-order chi connectivity index (χ0) is 14.8. The largest absolute Gasteiger partial charge is 0.374 e. The predicted molar refractivity (Wildman–Crippen MR) is 83.4 cm³/mol. The molecular weight excluding hydrogens is 286 g/mol. The molecule has 6 nitrogen and oxygen atoms in total. The first-order valence-electron chi connectivity index (χ1n) is 6.90. The molecule has 3 rings (SSSR count). The Kier molecular flexibility index (Phi) is 3.74. The summed E-state index contributed by atoms with van der Waals surface area (Å²) in [7, 11) is 0. The molecule has 0 radical (unpaired) electrons. The number of amides is 2. The Morgan fingerprint density at radius 1 is 1.38 bits per heavy atom. The molecule has 110 valence electrons. The lowest BCUT2D eigenvalue weighted by molar-refractivity contribution is 0.249. The number of aryl methyl sites for hydroxylation is 1. The van der Waals surface area contributed by atoms with Gasteiger partial charge in [-0.1, -0.05) is 23.5 Å². The van der Waals surface area contributed by atoms with Gasteiger partial charge >= 0.3 is 6.03 Å². The van der Waals surface area contributed by atoms with E-state index in [-0.39, 0.29) is 12.1 Å². The zero-order valence-corrected chi connectivity index (χ0v) is 12.5. The number of nitrogens with one attached hydrogen (secondary N) is 2. The molecular formula is C14H17N5OS. The lowest BCUT2D eigenvalue weighted by Gasteiger charge is -2.14. The fraction of sp³-hybridized carbons (Fsp3) is 0.357.